The van der Waals surface area contributed by atoms with Crippen LogP contribution in [-0.4, -0.2) is 22.4 Å². The lowest BCUT2D eigenvalue weighted by Gasteiger charge is -2.09. The van der Waals surface area contributed by atoms with Gasteiger partial charge < -0.3 is 5.32 Å². The summed E-state index contributed by atoms with van der Waals surface area (Å²) >= 11 is 1.54. The Labute approximate surface area is 134 Å². The first kappa shape index (κ1) is 17.8. The van der Waals surface area contributed by atoms with Crippen molar-refractivity contribution >= 4 is 22.8 Å². The average Bonchev–Trinajstić information content (AvgIpc) is 2.69. The van der Waals surface area contributed by atoms with E-state index in [9.17, 15) is 4.79 Å². The molecule has 2 aliphatic rings. The number of amidine groups is 1. The van der Waals surface area contributed by atoms with Crippen molar-refractivity contribution in [2.45, 2.75) is 52.3 Å². The molecule has 1 fully saturated rings. The third kappa shape index (κ3) is 5.20. The largest absolute Gasteiger partial charge is 0.304 e. The van der Waals surface area contributed by atoms with Crippen molar-refractivity contribution in [2.24, 2.45) is 10.9 Å². The Morgan fingerprint density at radius 3 is 2.67 bits per heavy atom. The Morgan fingerprint density at radius 2 is 2.05 bits per heavy atom. The van der Waals surface area contributed by atoms with Crippen molar-refractivity contribution in [1.29, 1.82) is 0 Å². The van der Waals surface area contributed by atoms with E-state index < -0.39 is 0 Å². The van der Waals surface area contributed by atoms with Crippen LogP contribution in [0.15, 0.2) is 40.9 Å². The number of rotatable bonds is 3. The lowest BCUT2D eigenvalue weighted by molar-refractivity contribution is -0.119. The van der Waals surface area contributed by atoms with E-state index in [-0.39, 0.29) is 18.6 Å². The fourth-order valence-corrected chi connectivity index (χ4v) is 3.06. The van der Waals surface area contributed by atoms with E-state index in [1.165, 1.54) is 5.57 Å². The number of hydrogen-bond acceptors (Lipinski definition) is 3. The Bertz CT molecular complexity index is 481. The third-order valence-corrected chi connectivity index (χ3v) is 4.58. The minimum Gasteiger partial charge on any atom is -0.304 e. The zero-order valence-electron chi connectivity index (χ0n) is 13.6. The highest BCUT2D eigenvalue weighted by Gasteiger charge is 2.32. The lowest BCUT2D eigenvalue weighted by atomic mass is 10.1. The quantitative estimate of drug-likeness (QED) is 0.843. The summed E-state index contributed by atoms with van der Waals surface area (Å²) in [7, 11) is 0. The van der Waals surface area contributed by atoms with Gasteiger partial charge in [0, 0.05) is 1.43 Å². The second kappa shape index (κ2) is 8.88. The zero-order valence-corrected chi connectivity index (χ0v) is 14.4. The predicted octanol–water partition coefficient (Wildman–Crippen LogP) is 4.33. The van der Waals surface area contributed by atoms with E-state index in [1.54, 1.807) is 11.8 Å². The van der Waals surface area contributed by atoms with Crippen LogP contribution in [0.25, 0.3) is 0 Å². The van der Waals surface area contributed by atoms with E-state index in [2.05, 4.69) is 61.5 Å². The number of aliphatic imine (C=N–C) groups is 1. The maximum atomic E-state index is 11.8. The summed E-state index contributed by atoms with van der Waals surface area (Å²) < 4.78 is 0. The van der Waals surface area contributed by atoms with Gasteiger partial charge in [0.1, 0.15) is 0 Å². The fourth-order valence-electron chi connectivity index (χ4n) is 2.01. The minimum absolute atomic E-state index is 0. The van der Waals surface area contributed by atoms with E-state index in [0.29, 0.717) is 5.92 Å². The Hall–Kier alpha value is -1.29. The number of hydrogen-bond donors (Lipinski definition) is 1. The number of carbonyl (C=O) groups is 1. The first-order chi connectivity index (χ1) is 10.1. The molecule has 4 heteroatoms. The molecule has 0 radical (unpaired) electrons. The molecule has 3 nitrogen and oxygen atoms in total. The summed E-state index contributed by atoms with van der Waals surface area (Å²) in [5, 5.41) is 3.61. The summed E-state index contributed by atoms with van der Waals surface area (Å²) in [6, 6.07) is 0.0627. The van der Waals surface area contributed by atoms with E-state index >= 15 is 0 Å². The molecule has 0 spiro atoms. The van der Waals surface area contributed by atoms with Gasteiger partial charge in [0.25, 0.3) is 0 Å². The Kier molecular flexibility index (Phi) is 7.51. The number of nitrogens with one attached hydrogen (secondary N) is 1. The molecule has 1 unspecified atom stereocenters. The maximum absolute atomic E-state index is 11.8. The Balaban J connectivity index is 0.00000141. The smallest absolute Gasteiger partial charge is 0.239 e. The number of carbonyl (C=O) groups excluding carboxylic acids is 1. The molecule has 1 aliphatic carbocycles. The maximum Gasteiger partial charge on any atom is 0.239 e. The predicted molar refractivity (Wildman–Crippen MR) is 95.7 cm³/mol. The molecule has 1 heterocycles. The number of thioether (sulfide) groups is 1. The molecule has 0 aromatic carbocycles. The normalized spacial score (nSPS) is 24.3. The van der Waals surface area contributed by atoms with Crippen LogP contribution in [0.1, 0.15) is 42.5 Å². The van der Waals surface area contributed by atoms with Gasteiger partial charge in [-0.1, -0.05) is 69.8 Å². The summed E-state index contributed by atoms with van der Waals surface area (Å²) in [4.78, 5) is 16.4. The van der Waals surface area contributed by atoms with Crippen LogP contribution in [0.3, 0.4) is 0 Å². The summed E-state index contributed by atoms with van der Waals surface area (Å²) in [5.41, 5.74) is 1.17. The van der Waals surface area contributed by atoms with Gasteiger partial charge in [-0.2, -0.15) is 0 Å². The van der Waals surface area contributed by atoms with E-state index in [4.69, 9.17) is 0 Å². The van der Waals surface area contributed by atoms with Crippen LogP contribution in [-0.2, 0) is 4.79 Å². The lowest BCUT2D eigenvalue weighted by Crippen LogP contribution is -2.28. The number of amides is 1. The molecule has 0 aromatic rings. The third-order valence-electron chi connectivity index (χ3n) is 3.13. The zero-order chi connectivity index (χ0) is 15.8. The van der Waals surface area contributed by atoms with Crippen LogP contribution in [0.5, 0.6) is 0 Å². The second-order valence-corrected chi connectivity index (χ2v) is 6.25. The van der Waals surface area contributed by atoms with E-state index in [1.807, 2.05) is 13.8 Å². The molecule has 1 amide bonds. The minimum atomic E-state index is -0.00972. The monoisotopic (exact) mass is 308 g/mol. The Morgan fingerprint density at radius 1 is 1.33 bits per heavy atom. The topological polar surface area (TPSA) is 41.5 Å². The van der Waals surface area contributed by atoms with Crippen molar-refractivity contribution in [3.8, 4) is 0 Å². The highest BCUT2D eigenvalue weighted by molar-refractivity contribution is 8.15. The van der Waals surface area contributed by atoms with Crippen LogP contribution in [0.4, 0.5) is 0 Å². The van der Waals surface area contributed by atoms with Crippen molar-refractivity contribution in [2.75, 3.05) is 0 Å². The molecular formula is C17H28N2OS. The highest BCUT2D eigenvalue weighted by atomic mass is 32.2. The number of allylic oxidation sites excluding steroid dienone is 4. The molecular weight excluding hydrogens is 280 g/mol. The molecule has 1 saturated heterocycles. The van der Waals surface area contributed by atoms with Crippen molar-refractivity contribution in [1.82, 2.24) is 5.32 Å². The summed E-state index contributed by atoms with van der Waals surface area (Å²) in [6.45, 7) is 10.2. The van der Waals surface area contributed by atoms with Gasteiger partial charge in [-0.05, 0) is 24.8 Å². The molecule has 118 valence electrons. The SMILES string of the molecule is CC.CC(C)C1SC(=N[C@@H](C)C2=CC=CCC=C2)NC1=O.[HH]. The standard InChI is InChI=1S/C15H20N2OS.C2H6.H2/c1-10(2)13-14(18)17-15(19-13)16-11(3)12-8-6-4-5-7-9-12;1-2;/h4,6-11,13H,5H2,1-3H3,(H,16,17,18);1-2H3;1H/t11-,13?;;/m0../s1. The van der Waals surface area contributed by atoms with Crippen LogP contribution in [0, 0.1) is 5.92 Å². The van der Waals surface area contributed by atoms with E-state index in [0.717, 1.165) is 11.6 Å². The molecule has 0 bridgehead atoms. The first-order valence-electron chi connectivity index (χ1n) is 7.66. The van der Waals surface area contributed by atoms with Gasteiger partial charge >= 0.3 is 0 Å². The fraction of sp³-hybridized carbons (Fsp3) is 0.529. The van der Waals surface area contributed by atoms with Gasteiger partial charge in [-0.15, -0.1) is 0 Å². The molecule has 0 saturated carbocycles. The van der Waals surface area contributed by atoms with Crippen LogP contribution < -0.4 is 5.32 Å². The van der Waals surface area contributed by atoms with Crippen molar-refractivity contribution in [3.63, 3.8) is 0 Å². The average molecular weight is 308 g/mol. The molecule has 2 rings (SSSR count). The second-order valence-electron chi connectivity index (χ2n) is 5.11. The highest BCUT2D eigenvalue weighted by Crippen LogP contribution is 2.26. The summed E-state index contributed by atoms with van der Waals surface area (Å²) in [6.07, 6.45) is 11.5. The van der Waals surface area contributed by atoms with Gasteiger partial charge in [-0.25, -0.2) is 0 Å². The van der Waals surface area contributed by atoms with Crippen LogP contribution in [0.2, 0.25) is 0 Å². The molecule has 0 aromatic heterocycles. The molecule has 21 heavy (non-hydrogen) atoms. The molecule has 1 N–H and O–H groups in total. The first-order valence-corrected chi connectivity index (χ1v) is 8.54. The molecule has 1 aliphatic heterocycles. The van der Waals surface area contributed by atoms with Gasteiger partial charge in [-0.3, -0.25) is 9.79 Å². The summed E-state index contributed by atoms with van der Waals surface area (Å²) in [5.74, 6) is 0.407. The number of nitrogens with zero attached hydrogens (tertiary/aromatic N) is 1. The van der Waals surface area contributed by atoms with Crippen LogP contribution >= 0.6 is 11.8 Å². The van der Waals surface area contributed by atoms with Gasteiger partial charge in [0.2, 0.25) is 5.91 Å². The molecule has 2 atom stereocenters. The van der Waals surface area contributed by atoms with Crippen molar-refractivity contribution in [3.05, 3.63) is 36.0 Å². The van der Waals surface area contributed by atoms with Gasteiger partial charge in [0.15, 0.2) is 5.17 Å². The van der Waals surface area contributed by atoms with Gasteiger partial charge in [0.05, 0.1) is 11.3 Å². The van der Waals surface area contributed by atoms with Crippen molar-refractivity contribution < 1.29 is 6.22 Å².